The van der Waals surface area contributed by atoms with Crippen LogP contribution in [0.3, 0.4) is 0 Å². The zero-order chi connectivity index (χ0) is 22.8. The van der Waals surface area contributed by atoms with E-state index in [4.69, 9.17) is 4.74 Å². The van der Waals surface area contributed by atoms with Crippen LogP contribution >= 0.6 is 15.9 Å². The van der Waals surface area contributed by atoms with Crippen molar-refractivity contribution < 1.29 is 4.74 Å². The Balaban J connectivity index is 1.74. The Labute approximate surface area is 194 Å². The van der Waals surface area contributed by atoms with E-state index in [0.717, 1.165) is 39.5 Å². The van der Waals surface area contributed by atoms with E-state index < -0.39 is 0 Å². The summed E-state index contributed by atoms with van der Waals surface area (Å²) in [5.41, 5.74) is 5.79. The molecule has 0 N–H and O–H groups in total. The first-order valence-corrected chi connectivity index (χ1v) is 10.9. The van der Waals surface area contributed by atoms with Crippen LogP contribution in [0.5, 0.6) is 5.88 Å². The summed E-state index contributed by atoms with van der Waals surface area (Å²) in [7, 11) is 0. The van der Waals surface area contributed by atoms with Crippen molar-refractivity contribution in [1.29, 1.82) is 0 Å². The van der Waals surface area contributed by atoms with Crippen LogP contribution in [-0.4, -0.2) is 24.5 Å². The average Bonchev–Trinajstić information content (AvgIpc) is 2.77. The molecule has 3 aromatic heterocycles. The molecule has 8 heteroatoms. The van der Waals surface area contributed by atoms with Gasteiger partial charge in [-0.2, -0.15) is 4.98 Å². The smallest absolute Gasteiger partial charge is 0.276 e. The molecule has 4 aromatic rings. The second kappa shape index (κ2) is 9.00. The lowest BCUT2D eigenvalue weighted by Gasteiger charge is -2.16. The maximum absolute atomic E-state index is 13.3. The number of aryl methyl sites for hydroxylation is 4. The lowest BCUT2D eigenvalue weighted by molar-refractivity contribution is 0.284. The van der Waals surface area contributed by atoms with Crippen LogP contribution in [0.25, 0.3) is 16.9 Å². The van der Waals surface area contributed by atoms with Crippen LogP contribution in [-0.2, 0) is 6.61 Å². The summed E-state index contributed by atoms with van der Waals surface area (Å²) < 4.78 is 7.66. The summed E-state index contributed by atoms with van der Waals surface area (Å²) in [6.45, 7) is 7.84. The van der Waals surface area contributed by atoms with Crippen molar-refractivity contribution in [2.75, 3.05) is 0 Å². The highest BCUT2D eigenvalue weighted by Crippen LogP contribution is 2.27. The first kappa shape index (κ1) is 21.8. The van der Waals surface area contributed by atoms with Gasteiger partial charge in [0.25, 0.3) is 5.56 Å². The van der Waals surface area contributed by atoms with Crippen LogP contribution in [0, 0.1) is 27.7 Å². The van der Waals surface area contributed by atoms with Gasteiger partial charge in [-0.25, -0.2) is 9.97 Å². The molecule has 7 nitrogen and oxygen atoms in total. The number of hydrogen-bond acceptors (Lipinski definition) is 6. The summed E-state index contributed by atoms with van der Waals surface area (Å²) in [5, 5.41) is 0. The molecule has 0 unspecified atom stereocenters. The second-order valence-corrected chi connectivity index (χ2v) is 8.33. The Hall–Kier alpha value is -3.39. The molecule has 3 heterocycles. The van der Waals surface area contributed by atoms with Crippen LogP contribution in [0.4, 0.5) is 0 Å². The molecular weight excluding hydrogens is 470 g/mol. The molecule has 32 heavy (non-hydrogen) atoms. The van der Waals surface area contributed by atoms with E-state index in [2.05, 4.69) is 35.9 Å². The molecule has 162 valence electrons. The Morgan fingerprint density at radius 1 is 1.03 bits per heavy atom. The molecule has 0 aliphatic heterocycles. The third kappa shape index (κ3) is 4.31. The van der Waals surface area contributed by atoms with Gasteiger partial charge in [0.15, 0.2) is 0 Å². The highest BCUT2D eigenvalue weighted by molar-refractivity contribution is 9.10. The van der Waals surface area contributed by atoms with Crippen molar-refractivity contribution in [3.63, 3.8) is 0 Å². The molecular formula is C24H22BrN5O2. The standard InChI is InChI=1S/C24H22BrN5O2/c1-14-8-9-18(22-15(2)11-26-13-27-22)10-20(14)30-17(4)29-23(21(25)24(30)31)32-12-19-7-5-6-16(3)28-19/h5-11,13H,12H2,1-4H3. The van der Waals surface area contributed by atoms with Crippen LogP contribution in [0.15, 0.2) is 58.2 Å². The van der Waals surface area contributed by atoms with Gasteiger partial charge < -0.3 is 4.74 Å². The van der Waals surface area contributed by atoms with Crippen molar-refractivity contribution >= 4 is 15.9 Å². The highest BCUT2D eigenvalue weighted by atomic mass is 79.9. The fourth-order valence-corrected chi connectivity index (χ4v) is 3.86. The molecule has 0 saturated heterocycles. The summed E-state index contributed by atoms with van der Waals surface area (Å²) >= 11 is 3.39. The number of benzene rings is 1. The van der Waals surface area contributed by atoms with Gasteiger partial charge in [-0.05, 0) is 73.0 Å². The SMILES string of the molecule is Cc1cccc(COc2nc(C)n(-c3cc(-c4ncncc4C)ccc3C)c(=O)c2Br)n1. The predicted molar refractivity (Wildman–Crippen MR) is 126 cm³/mol. The minimum atomic E-state index is -0.246. The molecule has 0 aliphatic carbocycles. The van der Waals surface area contributed by atoms with Crippen LogP contribution in [0.2, 0.25) is 0 Å². The first-order chi connectivity index (χ1) is 15.3. The first-order valence-electron chi connectivity index (χ1n) is 10.1. The molecule has 0 radical (unpaired) electrons. The van der Waals surface area contributed by atoms with Gasteiger partial charge in [-0.1, -0.05) is 18.2 Å². The van der Waals surface area contributed by atoms with Crippen molar-refractivity contribution in [2.24, 2.45) is 0 Å². The number of rotatable bonds is 5. The fourth-order valence-electron chi connectivity index (χ4n) is 3.48. The molecule has 0 spiro atoms. The van der Waals surface area contributed by atoms with Gasteiger partial charge in [0.2, 0.25) is 5.88 Å². The Morgan fingerprint density at radius 2 is 1.84 bits per heavy atom. The number of hydrogen-bond donors (Lipinski definition) is 0. The van der Waals surface area contributed by atoms with Crippen molar-refractivity contribution in [1.82, 2.24) is 24.5 Å². The van der Waals surface area contributed by atoms with Gasteiger partial charge in [-0.15, -0.1) is 0 Å². The minimum absolute atomic E-state index is 0.220. The molecule has 0 atom stereocenters. The van der Waals surface area contributed by atoms with Crippen molar-refractivity contribution in [3.8, 4) is 22.8 Å². The lowest BCUT2D eigenvalue weighted by atomic mass is 10.0. The van der Waals surface area contributed by atoms with Crippen molar-refractivity contribution in [3.05, 3.63) is 92.1 Å². The molecule has 0 fully saturated rings. The summed E-state index contributed by atoms with van der Waals surface area (Å²) in [6.07, 6.45) is 3.29. The van der Waals surface area contributed by atoms with Gasteiger partial charge in [-0.3, -0.25) is 14.3 Å². The summed E-state index contributed by atoms with van der Waals surface area (Å²) in [4.78, 5) is 30.7. The normalized spacial score (nSPS) is 10.9. The number of nitrogens with zero attached hydrogens (tertiary/aromatic N) is 5. The fraction of sp³-hybridized carbons (Fsp3) is 0.208. The summed E-state index contributed by atoms with van der Waals surface area (Å²) in [5.74, 6) is 0.762. The van der Waals surface area contributed by atoms with Gasteiger partial charge in [0.1, 0.15) is 23.2 Å². The van der Waals surface area contributed by atoms with E-state index >= 15 is 0 Å². The van der Waals surface area contributed by atoms with Crippen molar-refractivity contribution in [2.45, 2.75) is 34.3 Å². The highest BCUT2D eigenvalue weighted by Gasteiger charge is 2.17. The van der Waals surface area contributed by atoms with E-state index in [1.54, 1.807) is 17.7 Å². The molecule has 0 saturated carbocycles. The molecule has 4 rings (SSSR count). The van der Waals surface area contributed by atoms with E-state index in [1.165, 1.54) is 6.33 Å². The number of aromatic nitrogens is 5. The van der Waals surface area contributed by atoms with E-state index in [1.807, 2.05) is 57.2 Å². The zero-order valence-electron chi connectivity index (χ0n) is 18.3. The van der Waals surface area contributed by atoms with E-state index in [9.17, 15) is 4.79 Å². The third-order valence-electron chi connectivity index (χ3n) is 5.09. The van der Waals surface area contributed by atoms with E-state index in [0.29, 0.717) is 5.82 Å². The Morgan fingerprint density at radius 3 is 2.59 bits per heavy atom. The number of ether oxygens (including phenoxy) is 1. The molecule has 0 aliphatic rings. The predicted octanol–water partition coefficient (Wildman–Crippen LogP) is 4.66. The molecule has 1 aromatic carbocycles. The Kier molecular flexibility index (Phi) is 6.14. The lowest BCUT2D eigenvalue weighted by Crippen LogP contribution is -2.24. The quantitative estimate of drug-likeness (QED) is 0.403. The van der Waals surface area contributed by atoms with Gasteiger partial charge >= 0.3 is 0 Å². The molecule has 0 bridgehead atoms. The van der Waals surface area contributed by atoms with Gasteiger partial charge in [0.05, 0.1) is 17.1 Å². The number of halogens is 1. The summed E-state index contributed by atoms with van der Waals surface area (Å²) in [6, 6.07) is 11.6. The topological polar surface area (TPSA) is 82.8 Å². The average molecular weight is 492 g/mol. The Bertz CT molecular complexity index is 1370. The van der Waals surface area contributed by atoms with Gasteiger partial charge in [0, 0.05) is 17.5 Å². The molecule has 0 amide bonds. The number of pyridine rings is 1. The maximum Gasteiger partial charge on any atom is 0.276 e. The van der Waals surface area contributed by atoms with E-state index in [-0.39, 0.29) is 22.5 Å². The largest absolute Gasteiger partial charge is 0.470 e. The van der Waals surface area contributed by atoms with Crippen LogP contribution in [0.1, 0.15) is 28.3 Å². The maximum atomic E-state index is 13.3. The monoisotopic (exact) mass is 491 g/mol. The zero-order valence-corrected chi connectivity index (χ0v) is 19.8. The second-order valence-electron chi connectivity index (χ2n) is 7.53. The van der Waals surface area contributed by atoms with Crippen LogP contribution < -0.4 is 10.3 Å². The minimum Gasteiger partial charge on any atom is -0.470 e. The third-order valence-corrected chi connectivity index (χ3v) is 5.77.